The first-order valence-electron chi connectivity index (χ1n) is 6.04. The number of amidine groups is 1. The summed E-state index contributed by atoms with van der Waals surface area (Å²) in [4.78, 5) is 2.16. The lowest BCUT2D eigenvalue weighted by atomic mass is 10.1. The summed E-state index contributed by atoms with van der Waals surface area (Å²) in [6.45, 7) is 4.18. The molecule has 3 N–H and O–H groups in total. The number of halogens is 1. The van der Waals surface area contributed by atoms with Gasteiger partial charge in [0.25, 0.3) is 0 Å². The third-order valence-electron chi connectivity index (χ3n) is 3.04. The standard InChI is InChI=1S/C15H15ClN2OS/c1-9-3-4-11(7-10(9)2)20-12-5-6-13(14(16)8-12)15(17)18-19/h3-8,19H,1-2H3,(H2,17,18). The zero-order valence-corrected chi connectivity index (χ0v) is 12.8. The Bertz CT molecular complexity index is 671. The Morgan fingerprint density at radius 1 is 1.10 bits per heavy atom. The van der Waals surface area contributed by atoms with Crippen molar-refractivity contribution >= 4 is 29.2 Å². The molecule has 0 spiro atoms. The summed E-state index contributed by atoms with van der Waals surface area (Å²) in [6, 6.07) is 11.8. The average molecular weight is 307 g/mol. The van der Waals surface area contributed by atoms with Crippen LogP contribution in [0.1, 0.15) is 16.7 Å². The first-order valence-corrected chi connectivity index (χ1v) is 7.23. The first-order chi connectivity index (χ1) is 9.51. The van der Waals surface area contributed by atoms with Gasteiger partial charge in [0.2, 0.25) is 0 Å². The van der Waals surface area contributed by atoms with Crippen molar-refractivity contribution in [2.24, 2.45) is 10.9 Å². The molecule has 0 aromatic heterocycles. The monoisotopic (exact) mass is 306 g/mol. The van der Waals surface area contributed by atoms with Crippen molar-refractivity contribution < 1.29 is 5.21 Å². The Kier molecular flexibility index (Phi) is 4.57. The SMILES string of the molecule is Cc1ccc(Sc2ccc(C(N)=NO)c(Cl)c2)cc1C. The molecule has 2 aromatic rings. The second-order valence-corrected chi connectivity index (χ2v) is 6.03. The van der Waals surface area contributed by atoms with Crippen LogP contribution >= 0.6 is 23.4 Å². The summed E-state index contributed by atoms with van der Waals surface area (Å²) < 4.78 is 0. The molecule has 20 heavy (non-hydrogen) atoms. The van der Waals surface area contributed by atoms with Crippen LogP contribution in [0.15, 0.2) is 51.3 Å². The van der Waals surface area contributed by atoms with Gasteiger partial charge in [0, 0.05) is 15.4 Å². The van der Waals surface area contributed by atoms with Gasteiger partial charge in [-0.2, -0.15) is 0 Å². The van der Waals surface area contributed by atoms with E-state index >= 15 is 0 Å². The second kappa shape index (κ2) is 6.20. The molecule has 0 radical (unpaired) electrons. The van der Waals surface area contributed by atoms with Gasteiger partial charge in [-0.3, -0.25) is 0 Å². The van der Waals surface area contributed by atoms with Crippen LogP contribution in [0, 0.1) is 13.8 Å². The maximum Gasteiger partial charge on any atom is 0.171 e. The van der Waals surface area contributed by atoms with Gasteiger partial charge in [-0.05, 0) is 55.3 Å². The third kappa shape index (κ3) is 3.26. The minimum absolute atomic E-state index is 0.0118. The van der Waals surface area contributed by atoms with E-state index in [1.165, 1.54) is 11.1 Å². The molecule has 0 bridgehead atoms. The molecule has 0 aliphatic heterocycles. The fourth-order valence-electron chi connectivity index (χ4n) is 1.73. The van der Waals surface area contributed by atoms with Crippen molar-refractivity contribution in [1.29, 1.82) is 0 Å². The number of benzene rings is 2. The average Bonchev–Trinajstić information content (AvgIpc) is 2.42. The molecule has 0 atom stereocenters. The Balaban J connectivity index is 2.26. The Morgan fingerprint density at radius 3 is 2.35 bits per heavy atom. The predicted octanol–water partition coefficient (Wildman–Crippen LogP) is 4.20. The molecule has 0 heterocycles. The molecule has 0 fully saturated rings. The fraction of sp³-hybridized carbons (Fsp3) is 0.133. The molecule has 0 aliphatic rings. The van der Waals surface area contributed by atoms with E-state index in [0.717, 1.165) is 9.79 Å². The maximum atomic E-state index is 8.67. The lowest BCUT2D eigenvalue weighted by Gasteiger charge is -2.07. The van der Waals surface area contributed by atoms with E-state index in [9.17, 15) is 0 Å². The van der Waals surface area contributed by atoms with E-state index in [1.54, 1.807) is 17.8 Å². The Morgan fingerprint density at radius 2 is 1.75 bits per heavy atom. The number of rotatable bonds is 3. The first kappa shape index (κ1) is 14.8. The van der Waals surface area contributed by atoms with Crippen LogP contribution in [0.25, 0.3) is 0 Å². The van der Waals surface area contributed by atoms with E-state index in [1.807, 2.05) is 12.1 Å². The quantitative estimate of drug-likeness (QED) is 0.387. The van der Waals surface area contributed by atoms with Crippen LogP contribution in [0.3, 0.4) is 0 Å². The highest BCUT2D eigenvalue weighted by Gasteiger charge is 2.07. The summed E-state index contributed by atoms with van der Waals surface area (Å²) >= 11 is 7.77. The summed E-state index contributed by atoms with van der Waals surface area (Å²) in [7, 11) is 0. The molecule has 2 rings (SSSR count). The summed E-state index contributed by atoms with van der Waals surface area (Å²) in [5.74, 6) is 0.0118. The Hall–Kier alpha value is -1.65. The van der Waals surface area contributed by atoms with Gasteiger partial charge in [-0.1, -0.05) is 34.6 Å². The number of oxime groups is 1. The molecule has 0 saturated carbocycles. The van der Waals surface area contributed by atoms with Crippen LogP contribution in [-0.2, 0) is 0 Å². The van der Waals surface area contributed by atoms with Gasteiger partial charge >= 0.3 is 0 Å². The van der Waals surface area contributed by atoms with Crippen LogP contribution in [-0.4, -0.2) is 11.0 Å². The second-order valence-electron chi connectivity index (χ2n) is 4.48. The molecule has 5 heteroatoms. The normalized spacial score (nSPS) is 11.7. The Labute approximate surface area is 127 Å². The van der Waals surface area contributed by atoms with Crippen molar-refractivity contribution in [1.82, 2.24) is 0 Å². The molecule has 0 unspecified atom stereocenters. The summed E-state index contributed by atoms with van der Waals surface area (Å²) in [5, 5.41) is 12.1. The van der Waals surface area contributed by atoms with Crippen LogP contribution in [0.4, 0.5) is 0 Å². The highest BCUT2D eigenvalue weighted by atomic mass is 35.5. The lowest BCUT2D eigenvalue weighted by Crippen LogP contribution is -2.13. The van der Waals surface area contributed by atoms with Crippen LogP contribution < -0.4 is 5.73 Å². The third-order valence-corrected chi connectivity index (χ3v) is 4.33. The molecule has 0 aliphatic carbocycles. The van der Waals surface area contributed by atoms with E-state index in [2.05, 4.69) is 37.2 Å². The van der Waals surface area contributed by atoms with Crippen molar-refractivity contribution in [3.8, 4) is 0 Å². The highest BCUT2D eigenvalue weighted by molar-refractivity contribution is 7.99. The molecule has 104 valence electrons. The topological polar surface area (TPSA) is 58.6 Å². The van der Waals surface area contributed by atoms with Gasteiger partial charge in [-0.15, -0.1) is 0 Å². The molecule has 3 nitrogen and oxygen atoms in total. The van der Waals surface area contributed by atoms with E-state index in [4.69, 9.17) is 22.5 Å². The van der Waals surface area contributed by atoms with Gasteiger partial charge in [0.15, 0.2) is 5.84 Å². The van der Waals surface area contributed by atoms with Crippen molar-refractivity contribution in [2.75, 3.05) is 0 Å². The zero-order chi connectivity index (χ0) is 14.7. The minimum Gasteiger partial charge on any atom is -0.409 e. The molecule has 0 amide bonds. The smallest absolute Gasteiger partial charge is 0.171 e. The van der Waals surface area contributed by atoms with Crippen LogP contribution in [0.5, 0.6) is 0 Å². The molecular formula is C15H15ClN2OS. The predicted molar refractivity (Wildman–Crippen MR) is 84.0 cm³/mol. The highest BCUT2D eigenvalue weighted by Crippen LogP contribution is 2.31. The fourth-order valence-corrected chi connectivity index (χ4v) is 3.03. The van der Waals surface area contributed by atoms with Crippen molar-refractivity contribution in [3.05, 3.63) is 58.1 Å². The van der Waals surface area contributed by atoms with E-state index in [0.29, 0.717) is 10.6 Å². The van der Waals surface area contributed by atoms with Crippen molar-refractivity contribution in [2.45, 2.75) is 23.6 Å². The number of nitrogens with zero attached hydrogens (tertiary/aromatic N) is 1. The molecule has 0 saturated heterocycles. The molecular weight excluding hydrogens is 292 g/mol. The van der Waals surface area contributed by atoms with Gasteiger partial charge in [0.1, 0.15) is 0 Å². The van der Waals surface area contributed by atoms with Gasteiger partial charge in [-0.25, -0.2) is 0 Å². The largest absolute Gasteiger partial charge is 0.409 e. The maximum absolute atomic E-state index is 8.67. The molecule has 2 aromatic carbocycles. The number of hydrogen-bond acceptors (Lipinski definition) is 3. The van der Waals surface area contributed by atoms with Crippen molar-refractivity contribution in [3.63, 3.8) is 0 Å². The van der Waals surface area contributed by atoms with Gasteiger partial charge < -0.3 is 10.9 Å². The number of aryl methyl sites for hydroxylation is 2. The van der Waals surface area contributed by atoms with E-state index in [-0.39, 0.29) is 5.84 Å². The van der Waals surface area contributed by atoms with Crippen LogP contribution in [0.2, 0.25) is 5.02 Å². The minimum atomic E-state index is 0.0118. The number of hydrogen-bond donors (Lipinski definition) is 2. The lowest BCUT2D eigenvalue weighted by molar-refractivity contribution is 0.318. The zero-order valence-electron chi connectivity index (χ0n) is 11.2. The van der Waals surface area contributed by atoms with Gasteiger partial charge in [0.05, 0.1) is 5.02 Å². The van der Waals surface area contributed by atoms with E-state index < -0.39 is 0 Å². The summed E-state index contributed by atoms with van der Waals surface area (Å²) in [5.41, 5.74) is 8.60. The number of nitrogens with two attached hydrogens (primary N) is 1. The summed E-state index contributed by atoms with van der Waals surface area (Å²) in [6.07, 6.45) is 0.